The average molecular weight is 170 g/mol. The van der Waals surface area contributed by atoms with Crippen LogP contribution in [0.4, 0.5) is 0 Å². The fourth-order valence-electron chi connectivity index (χ4n) is 2.65. The molecule has 1 rings (SSSR count). The Balaban J connectivity index is 2.80. The molecule has 0 aromatic rings. The van der Waals surface area contributed by atoms with Gasteiger partial charge in [0.2, 0.25) is 0 Å². The van der Waals surface area contributed by atoms with E-state index in [0.717, 1.165) is 6.42 Å². The maximum atomic E-state index is 6.11. The van der Waals surface area contributed by atoms with Gasteiger partial charge in [0.25, 0.3) is 0 Å². The van der Waals surface area contributed by atoms with Crippen molar-refractivity contribution in [2.45, 2.75) is 58.2 Å². The minimum absolute atomic E-state index is 0.0706. The SMILES string of the molecule is CC1CC(C)(C)NC(C)(C)C1N. The second-order valence-corrected chi connectivity index (χ2v) is 5.44. The van der Waals surface area contributed by atoms with Gasteiger partial charge in [-0.15, -0.1) is 0 Å². The van der Waals surface area contributed by atoms with Crippen LogP contribution in [0.15, 0.2) is 0 Å². The molecule has 0 aromatic carbocycles. The fraction of sp³-hybridized carbons (Fsp3) is 1.00. The number of rotatable bonds is 0. The van der Waals surface area contributed by atoms with Crippen molar-refractivity contribution in [3.63, 3.8) is 0 Å². The van der Waals surface area contributed by atoms with Crippen LogP contribution in [0.1, 0.15) is 41.0 Å². The first kappa shape index (κ1) is 10.0. The van der Waals surface area contributed by atoms with Gasteiger partial charge in [-0.25, -0.2) is 0 Å². The molecule has 72 valence electrons. The van der Waals surface area contributed by atoms with Crippen LogP contribution in [0.3, 0.4) is 0 Å². The summed E-state index contributed by atoms with van der Waals surface area (Å²) in [7, 11) is 0. The van der Waals surface area contributed by atoms with Gasteiger partial charge in [0.05, 0.1) is 0 Å². The summed E-state index contributed by atoms with van der Waals surface area (Å²) < 4.78 is 0. The lowest BCUT2D eigenvalue weighted by atomic mass is 9.73. The standard InChI is InChI=1S/C10H22N2/c1-7-6-9(2,3)12-10(4,5)8(7)11/h7-8,12H,6,11H2,1-5H3. The van der Waals surface area contributed by atoms with Gasteiger partial charge in [-0.05, 0) is 40.0 Å². The third-order valence-electron chi connectivity index (χ3n) is 2.94. The summed E-state index contributed by atoms with van der Waals surface area (Å²) in [6.07, 6.45) is 1.16. The molecule has 2 unspecified atom stereocenters. The average Bonchev–Trinajstić information content (AvgIpc) is 1.79. The molecule has 2 nitrogen and oxygen atoms in total. The number of nitrogens with one attached hydrogen (secondary N) is 1. The molecule has 12 heavy (non-hydrogen) atoms. The Morgan fingerprint density at radius 1 is 1.25 bits per heavy atom. The van der Waals surface area contributed by atoms with Gasteiger partial charge in [-0.2, -0.15) is 0 Å². The lowest BCUT2D eigenvalue weighted by molar-refractivity contribution is 0.110. The molecule has 1 aliphatic rings. The summed E-state index contributed by atoms with van der Waals surface area (Å²) in [5, 5.41) is 3.59. The van der Waals surface area contributed by atoms with Crippen LogP contribution < -0.4 is 11.1 Å². The van der Waals surface area contributed by atoms with Crippen LogP contribution in [0, 0.1) is 5.92 Å². The Morgan fingerprint density at radius 3 is 2.17 bits per heavy atom. The van der Waals surface area contributed by atoms with E-state index < -0.39 is 0 Å². The van der Waals surface area contributed by atoms with Crippen LogP contribution in [0.25, 0.3) is 0 Å². The van der Waals surface area contributed by atoms with Crippen LogP contribution in [0.2, 0.25) is 0 Å². The van der Waals surface area contributed by atoms with Gasteiger partial charge < -0.3 is 11.1 Å². The summed E-state index contributed by atoms with van der Waals surface area (Å²) in [5.74, 6) is 0.608. The van der Waals surface area contributed by atoms with Crippen LogP contribution in [-0.2, 0) is 0 Å². The minimum atomic E-state index is 0.0706. The first-order valence-electron chi connectivity index (χ1n) is 4.79. The molecule has 0 amide bonds. The highest BCUT2D eigenvalue weighted by molar-refractivity contribution is 5.03. The highest BCUT2D eigenvalue weighted by Gasteiger charge is 2.41. The lowest BCUT2D eigenvalue weighted by Crippen LogP contribution is -2.67. The quantitative estimate of drug-likeness (QED) is 0.578. The molecule has 3 N–H and O–H groups in total. The normalized spacial score (nSPS) is 39.5. The van der Waals surface area contributed by atoms with Gasteiger partial charge in [-0.3, -0.25) is 0 Å². The van der Waals surface area contributed by atoms with Crippen molar-refractivity contribution in [2.75, 3.05) is 0 Å². The van der Waals surface area contributed by atoms with Crippen LogP contribution in [0.5, 0.6) is 0 Å². The molecule has 0 bridgehead atoms. The van der Waals surface area contributed by atoms with Crippen molar-refractivity contribution in [1.29, 1.82) is 0 Å². The molecular weight excluding hydrogens is 148 g/mol. The molecule has 1 aliphatic heterocycles. The first-order chi connectivity index (χ1) is 5.25. The van der Waals surface area contributed by atoms with E-state index in [2.05, 4.69) is 39.9 Å². The van der Waals surface area contributed by atoms with Gasteiger partial charge in [0.1, 0.15) is 0 Å². The lowest BCUT2D eigenvalue weighted by Gasteiger charge is -2.49. The zero-order chi connectivity index (χ0) is 9.57. The van der Waals surface area contributed by atoms with Gasteiger partial charge in [-0.1, -0.05) is 6.92 Å². The van der Waals surface area contributed by atoms with Crippen molar-refractivity contribution >= 4 is 0 Å². The van der Waals surface area contributed by atoms with Crippen LogP contribution in [-0.4, -0.2) is 17.1 Å². The number of piperidine rings is 1. The van der Waals surface area contributed by atoms with Gasteiger partial charge in [0, 0.05) is 17.1 Å². The topological polar surface area (TPSA) is 38.0 Å². The molecule has 0 saturated carbocycles. The Kier molecular flexibility index (Phi) is 2.26. The summed E-state index contributed by atoms with van der Waals surface area (Å²) in [5.41, 5.74) is 6.42. The molecule has 2 atom stereocenters. The molecular formula is C10H22N2. The highest BCUT2D eigenvalue weighted by atomic mass is 15.1. The van der Waals surface area contributed by atoms with E-state index in [1.54, 1.807) is 0 Å². The number of hydrogen-bond acceptors (Lipinski definition) is 2. The molecule has 0 aliphatic carbocycles. The maximum absolute atomic E-state index is 6.11. The predicted octanol–water partition coefficient (Wildman–Crippen LogP) is 1.50. The zero-order valence-electron chi connectivity index (χ0n) is 8.94. The van der Waals surface area contributed by atoms with E-state index in [0.29, 0.717) is 5.92 Å². The molecule has 2 heteroatoms. The zero-order valence-corrected chi connectivity index (χ0v) is 8.94. The minimum Gasteiger partial charge on any atom is -0.326 e. The predicted molar refractivity (Wildman–Crippen MR) is 53.1 cm³/mol. The Morgan fingerprint density at radius 2 is 1.75 bits per heavy atom. The van der Waals surface area contributed by atoms with E-state index in [-0.39, 0.29) is 17.1 Å². The molecule has 0 aromatic heterocycles. The Labute approximate surface area is 75.9 Å². The highest BCUT2D eigenvalue weighted by Crippen LogP contribution is 2.31. The van der Waals surface area contributed by atoms with E-state index in [4.69, 9.17) is 5.73 Å². The molecule has 1 saturated heterocycles. The number of nitrogens with two attached hydrogens (primary N) is 1. The molecule has 0 spiro atoms. The largest absolute Gasteiger partial charge is 0.326 e. The van der Waals surface area contributed by atoms with Crippen molar-refractivity contribution in [1.82, 2.24) is 5.32 Å². The first-order valence-corrected chi connectivity index (χ1v) is 4.79. The van der Waals surface area contributed by atoms with E-state index in [9.17, 15) is 0 Å². The summed E-state index contributed by atoms with van der Waals surface area (Å²) in [4.78, 5) is 0. The van der Waals surface area contributed by atoms with Crippen molar-refractivity contribution in [2.24, 2.45) is 11.7 Å². The Hall–Kier alpha value is -0.0800. The molecule has 0 radical (unpaired) electrons. The van der Waals surface area contributed by atoms with Gasteiger partial charge in [0.15, 0.2) is 0 Å². The third kappa shape index (κ3) is 1.80. The second kappa shape index (κ2) is 2.71. The molecule has 1 fully saturated rings. The summed E-state index contributed by atoms with van der Waals surface area (Å²) >= 11 is 0. The van der Waals surface area contributed by atoms with Crippen molar-refractivity contribution < 1.29 is 0 Å². The van der Waals surface area contributed by atoms with Crippen LogP contribution >= 0.6 is 0 Å². The Bertz CT molecular complexity index is 173. The van der Waals surface area contributed by atoms with E-state index in [1.165, 1.54) is 0 Å². The van der Waals surface area contributed by atoms with Gasteiger partial charge >= 0.3 is 0 Å². The third-order valence-corrected chi connectivity index (χ3v) is 2.94. The number of hydrogen-bond donors (Lipinski definition) is 2. The maximum Gasteiger partial charge on any atom is 0.0283 e. The monoisotopic (exact) mass is 170 g/mol. The van der Waals surface area contributed by atoms with E-state index in [1.807, 2.05) is 0 Å². The fourth-order valence-corrected chi connectivity index (χ4v) is 2.65. The smallest absolute Gasteiger partial charge is 0.0283 e. The van der Waals surface area contributed by atoms with E-state index >= 15 is 0 Å². The van der Waals surface area contributed by atoms with Crippen molar-refractivity contribution in [3.8, 4) is 0 Å². The van der Waals surface area contributed by atoms with Crippen molar-refractivity contribution in [3.05, 3.63) is 0 Å². The molecule has 1 heterocycles. The summed E-state index contributed by atoms with van der Waals surface area (Å²) in [6, 6.07) is 0.269. The summed E-state index contributed by atoms with van der Waals surface area (Å²) in [6.45, 7) is 11.1. The second-order valence-electron chi connectivity index (χ2n) is 5.44.